The van der Waals surface area contributed by atoms with Crippen LogP contribution in [0.5, 0.6) is 0 Å². The highest BCUT2D eigenvalue weighted by Crippen LogP contribution is 2.37. The number of hydrogen-bond acceptors (Lipinski definition) is 4. The van der Waals surface area contributed by atoms with E-state index in [1.807, 2.05) is 25.7 Å². The van der Waals surface area contributed by atoms with E-state index in [-0.39, 0.29) is 24.5 Å². The number of fused-ring (bicyclic) bond motifs is 2. The predicted octanol–water partition coefficient (Wildman–Crippen LogP) is 2.85. The van der Waals surface area contributed by atoms with Gasteiger partial charge in [0.25, 0.3) is 0 Å². The van der Waals surface area contributed by atoms with Crippen molar-refractivity contribution in [2.45, 2.75) is 70.4 Å². The Bertz CT molecular complexity index is 434. The lowest BCUT2D eigenvalue weighted by Gasteiger charge is -2.35. The van der Waals surface area contributed by atoms with Crippen LogP contribution in [0.3, 0.4) is 0 Å². The van der Waals surface area contributed by atoms with Crippen molar-refractivity contribution in [3.63, 3.8) is 0 Å². The summed E-state index contributed by atoms with van der Waals surface area (Å²) < 4.78 is 16.6. The Balaban J connectivity index is 1.64. The second kappa shape index (κ2) is 5.61. The van der Waals surface area contributed by atoms with E-state index in [1.165, 1.54) is 5.57 Å². The Morgan fingerprint density at radius 1 is 1.33 bits per heavy atom. The first kappa shape index (κ1) is 14.9. The van der Waals surface area contributed by atoms with Crippen LogP contribution in [0.25, 0.3) is 0 Å². The topological polar surface area (TPSA) is 48.0 Å². The summed E-state index contributed by atoms with van der Waals surface area (Å²) in [5, 5.41) is 0. The van der Waals surface area contributed by atoms with Crippen molar-refractivity contribution in [3.05, 3.63) is 11.6 Å². The monoisotopic (exact) mass is 295 g/mol. The average molecular weight is 295 g/mol. The van der Waals surface area contributed by atoms with Crippen LogP contribution in [0.2, 0.25) is 0 Å². The maximum absolute atomic E-state index is 12.4. The van der Waals surface area contributed by atoms with Crippen molar-refractivity contribution in [2.75, 3.05) is 13.2 Å². The van der Waals surface area contributed by atoms with Crippen molar-refractivity contribution in [1.82, 2.24) is 4.90 Å². The van der Waals surface area contributed by atoms with E-state index in [0.717, 1.165) is 25.7 Å². The standard InChI is InChI=1S/C16H25NO4/c1-16(2,3)21-15(18)17-12-4-5-13(17)9-11(8-12)10-14-19-6-7-20-14/h8,12-14H,4-7,9-10H2,1-3H3. The largest absolute Gasteiger partial charge is 0.444 e. The Labute approximate surface area is 126 Å². The number of hydrogen-bond donors (Lipinski definition) is 0. The molecule has 0 aromatic carbocycles. The van der Waals surface area contributed by atoms with Crippen LogP contribution >= 0.6 is 0 Å². The zero-order valence-corrected chi connectivity index (χ0v) is 13.1. The molecule has 3 aliphatic rings. The van der Waals surface area contributed by atoms with E-state index in [4.69, 9.17) is 14.2 Å². The van der Waals surface area contributed by atoms with Gasteiger partial charge in [0.2, 0.25) is 0 Å². The summed E-state index contributed by atoms with van der Waals surface area (Å²) >= 11 is 0. The first-order valence-electron chi connectivity index (χ1n) is 7.86. The van der Waals surface area contributed by atoms with Gasteiger partial charge in [-0.1, -0.05) is 11.6 Å². The van der Waals surface area contributed by atoms with Gasteiger partial charge in [0, 0.05) is 12.5 Å². The van der Waals surface area contributed by atoms with E-state index in [1.54, 1.807) is 0 Å². The molecule has 3 rings (SSSR count). The normalized spacial score (nSPS) is 29.7. The minimum atomic E-state index is -0.438. The van der Waals surface area contributed by atoms with Crippen LogP contribution in [0, 0.1) is 0 Å². The van der Waals surface area contributed by atoms with E-state index < -0.39 is 5.60 Å². The number of rotatable bonds is 2. The Morgan fingerprint density at radius 3 is 2.67 bits per heavy atom. The molecule has 0 aliphatic carbocycles. The van der Waals surface area contributed by atoms with E-state index >= 15 is 0 Å². The number of carbonyl (C=O) groups excluding carboxylic acids is 1. The van der Waals surface area contributed by atoms with Crippen LogP contribution in [0.4, 0.5) is 4.79 Å². The van der Waals surface area contributed by atoms with Gasteiger partial charge in [-0.3, -0.25) is 4.90 Å². The fraction of sp³-hybridized carbons (Fsp3) is 0.812. The van der Waals surface area contributed by atoms with E-state index in [9.17, 15) is 4.79 Å². The number of nitrogens with zero attached hydrogens (tertiary/aromatic N) is 1. The van der Waals surface area contributed by atoms with Crippen molar-refractivity contribution >= 4 is 6.09 Å². The zero-order valence-electron chi connectivity index (χ0n) is 13.1. The Kier molecular flexibility index (Phi) is 3.97. The van der Waals surface area contributed by atoms with Crippen LogP contribution in [-0.4, -0.2) is 48.2 Å². The van der Waals surface area contributed by atoms with Crippen LogP contribution < -0.4 is 0 Å². The summed E-state index contributed by atoms with van der Waals surface area (Å²) in [6.45, 7) is 7.11. The van der Waals surface area contributed by atoms with Gasteiger partial charge in [0.15, 0.2) is 6.29 Å². The molecule has 2 saturated heterocycles. The first-order chi connectivity index (χ1) is 9.92. The van der Waals surface area contributed by atoms with E-state index in [0.29, 0.717) is 13.2 Å². The van der Waals surface area contributed by atoms with Gasteiger partial charge in [0.1, 0.15) is 5.60 Å². The van der Waals surface area contributed by atoms with Gasteiger partial charge < -0.3 is 14.2 Å². The molecule has 0 N–H and O–H groups in total. The van der Waals surface area contributed by atoms with Crippen LogP contribution in [0.15, 0.2) is 11.6 Å². The fourth-order valence-electron chi connectivity index (χ4n) is 3.41. The SMILES string of the molecule is CC(C)(C)OC(=O)N1C2C=C(CC3OCCO3)CC1CC2. The maximum Gasteiger partial charge on any atom is 0.411 e. The van der Waals surface area contributed by atoms with Crippen molar-refractivity contribution < 1.29 is 19.0 Å². The van der Waals surface area contributed by atoms with Gasteiger partial charge >= 0.3 is 6.09 Å². The lowest BCUT2D eigenvalue weighted by molar-refractivity contribution is -0.0413. The summed E-state index contributed by atoms with van der Waals surface area (Å²) in [4.78, 5) is 14.3. The molecule has 2 fully saturated rings. The highest BCUT2D eigenvalue weighted by Gasteiger charge is 2.41. The summed E-state index contributed by atoms with van der Waals surface area (Å²) in [5.74, 6) is 0. The number of amides is 1. The molecule has 21 heavy (non-hydrogen) atoms. The second-order valence-electron chi connectivity index (χ2n) is 7.09. The number of carbonyl (C=O) groups is 1. The highest BCUT2D eigenvalue weighted by atomic mass is 16.7. The second-order valence-corrected chi connectivity index (χ2v) is 7.09. The quantitative estimate of drug-likeness (QED) is 0.735. The lowest BCUT2D eigenvalue weighted by atomic mass is 9.98. The van der Waals surface area contributed by atoms with Gasteiger partial charge in [-0.25, -0.2) is 4.79 Å². The summed E-state index contributed by atoms with van der Waals surface area (Å²) in [6.07, 6.45) is 5.77. The minimum Gasteiger partial charge on any atom is -0.444 e. The third-order valence-electron chi connectivity index (χ3n) is 4.20. The molecular weight excluding hydrogens is 270 g/mol. The average Bonchev–Trinajstić information content (AvgIpc) is 2.94. The third-order valence-corrected chi connectivity index (χ3v) is 4.20. The van der Waals surface area contributed by atoms with Crippen LogP contribution in [0.1, 0.15) is 46.5 Å². The van der Waals surface area contributed by atoms with Crippen molar-refractivity contribution in [3.8, 4) is 0 Å². The molecule has 2 unspecified atom stereocenters. The maximum atomic E-state index is 12.4. The molecule has 2 bridgehead atoms. The molecule has 0 radical (unpaired) electrons. The predicted molar refractivity (Wildman–Crippen MR) is 77.9 cm³/mol. The molecule has 5 nitrogen and oxygen atoms in total. The molecule has 5 heteroatoms. The minimum absolute atomic E-state index is 0.0938. The van der Waals surface area contributed by atoms with Gasteiger partial charge in [-0.05, 0) is 40.0 Å². The lowest BCUT2D eigenvalue weighted by Crippen LogP contribution is -2.45. The van der Waals surface area contributed by atoms with Gasteiger partial charge in [-0.2, -0.15) is 0 Å². The molecule has 0 saturated carbocycles. The molecule has 0 spiro atoms. The number of ether oxygens (including phenoxy) is 3. The molecule has 0 aromatic heterocycles. The van der Waals surface area contributed by atoms with Gasteiger partial charge in [-0.15, -0.1) is 0 Å². The molecule has 3 aliphatic heterocycles. The molecule has 2 atom stereocenters. The summed E-state index contributed by atoms with van der Waals surface area (Å²) in [5.41, 5.74) is 0.917. The van der Waals surface area contributed by atoms with Gasteiger partial charge in [0.05, 0.1) is 19.3 Å². The van der Waals surface area contributed by atoms with Crippen LogP contribution in [-0.2, 0) is 14.2 Å². The Hall–Kier alpha value is -1.07. The summed E-state index contributed by atoms with van der Waals surface area (Å²) in [6, 6.07) is 0.446. The molecular formula is C16H25NO4. The molecule has 1 amide bonds. The molecule has 0 aromatic rings. The highest BCUT2D eigenvalue weighted by molar-refractivity contribution is 5.70. The van der Waals surface area contributed by atoms with E-state index in [2.05, 4.69) is 6.08 Å². The zero-order chi connectivity index (χ0) is 15.0. The third kappa shape index (κ3) is 3.40. The fourth-order valence-corrected chi connectivity index (χ4v) is 3.41. The Morgan fingerprint density at radius 2 is 2.05 bits per heavy atom. The van der Waals surface area contributed by atoms with Crippen molar-refractivity contribution in [2.24, 2.45) is 0 Å². The van der Waals surface area contributed by atoms with Crippen molar-refractivity contribution in [1.29, 1.82) is 0 Å². The molecule has 118 valence electrons. The first-order valence-corrected chi connectivity index (χ1v) is 7.86. The summed E-state index contributed by atoms with van der Waals surface area (Å²) in [7, 11) is 0. The molecule has 3 heterocycles. The smallest absolute Gasteiger partial charge is 0.411 e.